The van der Waals surface area contributed by atoms with Gasteiger partial charge in [-0.1, -0.05) is 0 Å². The first-order valence-corrected chi connectivity index (χ1v) is 9.06. The number of hydrogen-bond acceptors (Lipinski definition) is 6. The number of rotatable bonds is 7. The zero-order chi connectivity index (χ0) is 18.5. The van der Waals surface area contributed by atoms with Crippen LogP contribution in [0.4, 0.5) is 5.13 Å². The molecule has 1 amide bonds. The van der Waals surface area contributed by atoms with E-state index in [0.717, 1.165) is 16.3 Å². The predicted octanol–water partition coefficient (Wildman–Crippen LogP) is 4.58. The van der Waals surface area contributed by atoms with Crippen molar-refractivity contribution in [3.05, 3.63) is 58.5 Å². The predicted molar refractivity (Wildman–Crippen MR) is 100 cm³/mol. The lowest BCUT2D eigenvalue weighted by molar-refractivity contribution is 0.0992. The van der Waals surface area contributed by atoms with Crippen molar-refractivity contribution in [1.29, 1.82) is 0 Å². The van der Waals surface area contributed by atoms with E-state index in [-0.39, 0.29) is 18.3 Å². The van der Waals surface area contributed by atoms with Gasteiger partial charge in [-0.2, -0.15) is 0 Å². The quantitative estimate of drug-likeness (QED) is 0.657. The summed E-state index contributed by atoms with van der Waals surface area (Å²) in [5.41, 5.74) is 0.911. The number of hydrogen-bond donors (Lipinski definition) is 1. The molecule has 0 bridgehead atoms. The number of ether oxygens (including phenoxy) is 2. The molecule has 0 aliphatic heterocycles. The number of aryl methyl sites for hydroxylation is 2. The van der Waals surface area contributed by atoms with Crippen molar-refractivity contribution in [2.75, 3.05) is 11.9 Å². The van der Waals surface area contributed by atoms with Gasteiger partial charge in [-0.25, -0.2) is 4.98 Å². The van der Waals surface area contributed by atoms with Gasteiger partial charge in [0, 0.05) is 4.88 Å². The third kappa shape index (κ3) is 4.43. The first-order valence-electron chi connectivity index (χ1n) is 8.25. The number of furan rings is 1. The highest BCUT2D eigenvalue weighted by atomic mass is 32.1. The van der Waals surface area contributed by atoms with Gasteiger partial charge >= 0.3 is 0 Å². The summed E-state index contributed by atoms with van der Waals surface area (Å²) in [6, 6.07) is 10.7. The van der Waals surface area contributed by atoms with Crippen LogP contribution in [0.25, 0.3) is 0 Å². The third-order valence-corrected chi connectivity index (χ3v) is 4.64. The van der Waals surface area contributed by atoms with Crippen LogP contribution in [-0.2, 0) is 6.61 Å². The van der Waals surface area contributed by atoms with E-state index >= 15 is 0 Å². The molecule has 136 valence electrons. The number of benzene rings is 1. The zero-order valence-electron chi connectivity index (χ0n) is 14.9. The molecule has 2 heterocycles. The van der Waals surface area contributed by atoms with Crippen molar-refractivity contribution in [3.8, 4) is 11.5 Å². The molecule has 3 rings (SSSR count). The van der Waals surface area contributed by atoms with E-state index in [1.54, 1.807) is 12.1 Å². The molecule has 2 aromatic heterocycles. The number of carbonyl (C=O) groups excluding carboxylic acids is 1. The van der Waals surface area contributed by atoms with Crippen LogP contribution < -0.4 is 14.8 Å². The van der Waals surface area contributed by atoms with Crippen molar-refractivity contribution >= 4 is 22.4 Å². The summed E-state index contributed by atoms with van der Waals surface area (Å²) in [7, 11) is 0. The van der Waals surface area contributed by atoms with Crippen LogP contribution in [0.3, 0.4) is 0 Å². The van der Waals surface area contributed by atoms with Crippen LogP contribution in [-0.4, -0.2) is 17.5 Å². The van der Waals surface area contributed by atoms with Crippen LogP contribution in [0.2, 0.25) is 0 Å². The highest BCUT2D eigenvalue weighted by Crippen LogP contribution is 2.22. The minimum Gasteiger partial charge on any atom is -0.494 e. The Labute approximate surface area is 155 Å². The molecular weight excluding hydrogens is 352 g/mol. The summed E-state index contributed by atoms with van der Waals surface area (Å²) < 4.78 is 16.6. The lowest BCUT2D eigenvalue weighted by atomic mass is 10.3. The maximum Gasteiger partial charge on any atom is 0.293 e. The van der Waals surface area contributed by atoms with Gasteiger partial charge in [-0.05, 0) is 57.2 Å². The number of anilines is 1. The van der Waals surface area contributed by atoms with E-state index in [0.29, 0.717) is 23.2 Å². The Balaban J connectivity index is 1.56. The molecule has 1 aromatic carbocycles. The highest BCUT2D eigenvalue weighted by Gasteiger charge is 2.14. The normalized spacial score (nSPS) is 10.6. The van der Waals surface area contributed by atoms with Crippen LogP contribution in [0, 0.1) is 13.8 Å². The van der Waals surface area contributed by atoms with Crippen molar-refractivity contribution in [1.82, 2.24) is 4.98 Å². The molecule has 0 saturated carbocycles. The smallest absolute Gasteiger partial charge is 0.293 e. The Hall–Kier alpha value is -2.80. The molecule has 0 aliphatic carbocycles. The number of nitrogens with one attached hydrogen (secondary N) is 1. The fraction of sp³-hybridized carbons (Fsp3) is 0.263. The van der Waals surface area contributed by atoms with Gasteiger partial charge in [0.25, 0.3) is 5.91 Å². The van der Waals surface area contributed by atoms with Crippen molar-refractivity contribution in [3.63, 3.8) is 0 Å². The molecule has 0 radical (unpaired) electrons. The molecule has 0 atom stereocenters. The Morgan fingerprint density at radius 3 is 2.42 bits per heavy atom. The molecule has 0 unspecified atom stereocenters. The van der Waals surface area contributed by atoms with Crippen LogP contribution in [0.15, 0.2) is 40.8 Å². The molecule has 1 N–H and O–H groups in total. The van der Waals surface area contributed by atoms with Gasteiger partial charge in [-0.3, -0.25) is 10.1 Å². The van der Waals surface area contributed by atoms with E-state index in [4.69, 9.17) is 13.9 Å². The third-order valence-electron chi connectivity index (χ3n) is 3.65. The second-order valence-electron chi connectivity index (χ2n) is 5.57. The summed E-state index contributed by atoms with van der Waals surface area (Å²) in [5.74, 6) is 1.96. The summed E-state index contributed by atoms with van der Waals surface area (Å²) in [4.78, 5) is 17.6. The summed E-state index contributed by atoms with van der Waals surface area (Å²) in [5, 5.41) is 3.31. The van der Waals surface area contributed by atoms with Gasteiger partial charge in [0.15, 0.2) is 10.9 Å². The Kier molecular flexibility index (Phi) is 5.58. The van der Waals surface area contributed by atoms with Crippen LogP contribution in [0.5, 0.6) is 11.5 Å². The molecular formula is C19H20N2O4S. The molecule has 6 nitrogen and oxygen atoms in total. The number of nitrogens with zero attached hydrogens (tertiary/aromatic N) is 1. The Morgan fingerprint density at radius 2 is 1.81 bits per heavy atom. The van der Waals surface area contributed by atoms with E-state index in [1.165, 1.54) is 11.3 Å². The number of carbonyl (C=O) groups is 1. The lowest BCUT2D eigenvalue weighted by Gasteiger charge is -2.06. The van der Waals surface area contributed by atoms with E-state index in [9.17, 15) is 4.79 Å². The van der Waals surface area contributed by atoms with Gasteiger partial charge in [0.2, 0.25) is 0 Å². The van der Waals surface area contributed by atoms with E-state index in [2.05, 4.69) is 10.3 Å². The van der Waals surface area contributed by atoms with E-state index < -0.39 is 0 Å². The number of amides is 1. The Morgan fingerprint density at radius 1 is 1.12 bits per heavy atom. The minimum absolute atomic E-state index is 0.223. The molecule has 0 aliphatic rings. The molecule has 3 aromatic rings. The maximum atomic E-state index is 12.2. The minimum atomic E-state index is -0.328. The second kappa shape index (κ2) is 8.05. The first kappa shape index (κ1) is 18.0. The zero-order valence-corrected chi connectivity index (χ0v) is 15.7. The SMILES string of the molecule is CCOc1ccc(OCc2ccc(C(=O)Nc3nc(C)c(C)s3)o2)cc1. The summed E-state index contributed by atoms with van der Waals surface area (Å²) in [6.45, 7) is 6.66. The fourth-order valence-electron chi connectivity index (χ4n) is 2.22. The second-order valence-corrected chi connectivity index (χ2v) is 6.78. The van der Waals surface area contributed by atoms with Gasteiger partial charge in [0.1, 0.15) is 23.9 Å². The molecule has 26 heavy (non-hydrogen) atoms. The van der Waals surface area contributed by atoms with Crippen LogP contribution in [0.1, 0.15) is 33.8 Å². The highest BCUT2D eigenvalue weighted by molar-refractivity contribution is 7.15. The van der Waals surface area contributed by atoms with Crippen molar-refractivity contribution < 1.29 is 18.7 Å². The van der Waals surface area contributed by atoms with E-state index in [1.807, 2.05) is 45.0 Å². The van der Waals surface area contributed by atoms with Crippen LogP contribution >= 0.6 is 11.3 Å². The molecule has 7 heteroatoms. The number of thiazole rings is 1. The van der Waals surface area contributed by atoms with Gasteiger partial charge in [0.05, 0.1) is 12.3 Å². The maximum absolute atomic E-state index is 12.2. The topological polar surface area (TPSA) is 73.6 Å². The average Bonchev–Trinajstić information content (AvgIpc) is 3.21. The van der Waals surface area contributed by atoms with Gasteiger partial charge in [-0.15, -0.1) is 11.3 Å². The number of aromatic nitrogens is 1. The molecule has 0 saturated heterocycles. The average molecular weight is 372 g/mol. The lowest BCUT2D eigenvalue weighted by Crippen LogP contribution is -2.10. The molecule has 0 spiro atoms. The van der Waals surface area contributed by atoms with Gasteiger partial charge < -0.3 is 13.9 Å². The summed E-state index contributed by atoms with van der Waals surface area (Å²) in [6.07, 6.45) is 0. The van der Waals surface area contributed by atoms with Crippen molar-refractivity contribution in [2.24, 2.45) is 0 Å². The Bertz CT molecular complexity index is 864. The van der Waals surface area contributed by atoms with Crippen molar-refractivity contribution in [2.45, 2.75) is 27.4 Å². The fourth-order valence-corrected chi connectivity index (χ4v) is 3.03. The molecule has 0 fully saturated rings. The largest absolute Gasteiger partial charge is 0.494 e. The monoisotopic (exact) mass is 372 g/mol. The standard InChI is InChI=1S/C19H20N2O4S/c1-4-23-14-5-7-15(8-6-14)24-11-16-9-10-17(25-16)18(22)21-19-20-12(2)13(3)26-19/h5-10H,4,11H2,1-3H3,(H,20,21,22). The first-order chi connectivity index (χ1) is 12.5. The summed E-state index contributed by atoms with van der Waals surface area (Å²) >= 11 is 1.44.